The maximum Gasteiger partial charge on any atom is 0.341 e. The predicted molar refractivity (Wildman–Crippen MR) is 127 cm³/mol. The van der Waals surface area contributed by atoms with Crippen LogP contribution in [0.4, 0.5) is 0 Å². The van der Waals surface area contributed by atoms with Crippen LogP contribution < -0.4 is 15.9 Å². The van der Waals surface area contributed by atoms with E-state index in [0.29, 0.717) is 5.57 Å². The topological polar surface area (TPSA) is 26.3 Å². The van der Waals surface area contributed by atoms with Gasteiger partial charge in [-0.1, -0.05) is 79.4 Å². The maximum absolute atomic E-state index is 12.9. The fraction of sp³-hybridized carbons (Fsp3) is 0.0741. The summed E-state index contributed by atoms with van der Waals surface area (Å²) in [6.45, 7) is 5.77. The summed E-state index contributed by atoms with van der Waals surface area (Å²) < 4.78 is 6.18. The van der Waals surface area contributed by atoms with Crippen LogP contribution in [0.2, 0.25) is 0 Å². The molecule has 0 radical (unpaired) electrons. The molecular weight excluding hydrogens is 387 g/mol. The molecule has 3 aromatic carbocycles. The Kier molecular flexibility index (Phi) is 5.79. The molecule has 0 spiro atoms. The molecule has 0 N–H and O–H groups in total. The van der Waals surface area contributed by atoms with Gasteiger partial charge in [0.2, 0.25) is 5.85 Å². The van der Waals surface area contributed by atoms with Gasteiger partial charge < -0.3 is 4.74 Å². The minimum absolute atomic E-state index is 0.275. The van der Waals surface area contributed by atoms with Crippen LogP contribution in [-0.4, -0.2) is 11.8 Å². The minimum atomic E-state index is -2.37. The highest BCUT2D eigenvalue weighted by molar-refractivity contribution is 7.96. The van der Waals surface area contributed by atoms with Gasteiger partial charge in [-0.05, 0) is 43.3 Å². The monoisotopic (exact) mass is 411 g/mol. The summed E-state index contributed by atoms with van der Waals surface area (Å²) >= 11 is 0. The summed E-state index contributed by atoms with van der Waals surface area (Å²) in [5, 5.41) is 3.52. The number of carbonyl (C=O) groups excluding carboxylic acids is 1. The van der Waals surface area contributed by atoms with E-state index < -0.39 is 13.1 Å². The Labute approximate surface area is 178 Å². The van der Waals surface area contributed by atoms with E-state index in [4.69, 9.17) is 4.74 Å². The Morgan fingerprint density at radius 1 is 0.800 bits per heavy atom. The molecule has 0 amide bonds. The summed E-state index contributed by atoms with van der Waals surface area (Å²) in [6.07, 6.45) is 5.51. The largest absolute Gasteiger partial charge is 0.418 e. The Balaban J connectivity index is 2.12. The Morgan fingerprint density at radius 3 is 1.60 bits per heavy atom. The lowest BCUT2D eigenvalue weighted by Crippen LogP contribution is -2.39. The molecule has 1 saturated heterocycles. The number of ether oxygens (including phenoxy) is 1. The van der Waals surface area contributed by atoms with E-state index in [2.05, 4.69) is 79.4 Å². The van der Waals surface area contributed by atoms with Crippen molar-refractivity contribution in [3.8, 4) is 0 Å². The molecule has 3 heteroatoms. The average Bonchev–Trinajstić information content (AvgIpc) is 3.12. The average molecular weight is 411 g/mol. The van der Waals surface area contributed by atoms with E-state index in [1.807, 2.05) is 37.3 Å². The summed E-state index contributed by atoms with van der Waals surface area (Å²) in [6, 6.07) is 31.3. The third-order valence-corrected chi connectivity index (χ3v) is 9.87. The quantitative estimate of drug-likeness (QED) is 0.338. The van der Waals surface area contributed by atoms with Gasteiger partial charge >= 0.3 is 5.97 Å². The number of cyclic esters (lactones) is 1. The van der Waals surface area contributed by atoms with Crippen LogP contribution in [0.5, 0.6) is 0 Å². The third-order valence-electron chi connectivity index (χ3n) is 5.44. The summed E-state index contributed by atoms with van der Waals surface area (Å²) in [4.78, 5) is 12.9. The second-order valence-electron chi connectivity index (χ2n) is 7.05. The standard InChI is InChI=1S/C27H24O2P/c1-3-14-25-24(4-2)26(28)29-27(25)30(21-15-8-5-9-16-21,22-17-10-6-11-18-22)23-19-12-7-13-20-23/h3-20,27H,1H2,2H3/q+1/b24-4+,25-14?. The summed E-state index contributed by atoms with van der Waals surface area (Å²) in [7, 11) is -2.37. The van der Waals surface area contributed by atoms with Gasteiger partial charge in [-0.15, -0.1) is 0 Å². The van der Waals surface area contributed by atoms with Crippen molar-refractivity contribution < 1.29 is 9.53 Å². The van der Waals surface area contributed by atoms with Crippen molar-refractivity contribution >= 4 is 29.1 Å². The zero-order chi connectivity index (χ0) is 21.0. The van der Waals surface area contributed by atoms with Crippen LogP contribution in [0.1, 0.15) is 6.92 Å². The first kappa shape index (κ1) is 20.1. The molecule has 0 saturated carbocycles. The number of hydrogen-bond acceptors (Lipinski definition) is 2. The van der Waals surface area contributed by atoms with E-state index >= 15 is 0 Å². The van der Waals surface area contributed by atoms with Crippen molar-refractivity contribution in [1.29, 1.82) is 0 Å². The summed E-state index contributed by atoms with van der Waals surface area (Å²) in [5.74, 6) is -0.691. The molecule has 4 rings (SSSR count). The van der Waals surface area contributed by atoms with Gasteiger partial charge in [0.15, 0.2) is 7.26 Å². The lowest BCUT2D eigenvalue weighted by molar-refractivity contribution is -0.136. The second-order valence-corrected chi connectivity index (χ2v) is 10.5. The van der Waals surface area contributed by atoms with E-state index in [1.165, 1.54) is 15.9 Å². The SMILES string of the molecule is C=CC=C1/C(=C\C)C(=O)OC1[P+](c1ccccc1)(c1ccccc1)c1ccccc1. The number of carbonyl (C=O) groups is 1. The minimum Gasteiger partial charge on any atom is -0.418 e. The van der Waals surface area contributed by atoms with Gasteiger partial charge in [-0.25, -0.2) is 4.79 Å². The van der Waals surface area contributed by atoms with Crippen molar-refractivity contribution in [3.05, 3.63) is 127 Å². The van der Waals surface area contributed by atoms with Gasteiger partial charge in [-0.2, -0.15) is 0 Å². The molecular formula is C27H24O2P+. The number of allylic oxidation sites excluding steroid dienone is 3. The number of hydrogen-bond donors (Lipinski definition) is 0. The first-order valence-electron chi connectivity index (χ1n) is 9.99. The molecule has 148 valence electrons. The molecule has 2 nitrogen and oxygen atoms in total. The molecule has 30 heavy (non-hydrogen) atoms. The molecule has 1 atom stereocenters. The fourth-order valence-electron chi connectivity index (χ4n) is 4.19. The zero-order valence-electron chi connectivity index (χ0n) is 16.9. The van der Waals surface area contributed by atoms with Crippen LogP contribution in [0.15, 0.2) is 127 Å². The van der Waals surface area contributed by atoms with Crippen LogP contribution in [-0.2, 0) is 9.53 Å². The molecule has 1 unspecified atom stereocenters. The van der Waals surface area contributed by atoms with E-state index in [1.54, 1.807) is 6.08 Å². The summed E-state index contributed by atoms with van der Waals surface area (Å²) in [5.41, 5.74) is 1.51. The van der Waals surface area contributed by atoms with Crippen molar-refractivity contribution in [2.45, 2.75) is 12.8 Å². The molecule has 0 aliphatic carbocycles. The molecule has 0 bridgehead atoms. The van der Waals surface area contributed by atoms with E-state index in [0.717, 1.165) is 5.57 Å². The normalized spacial score (nSPS) is 19.1. The van der Waals surface area contributed by atoms with Crippen LogP contribution in [0, 0.1) is 0 Å². The Bertz CT molecular complexity index is 1000. The second kappa shape index (κ2) is 8.65. The first-order chi connectivity index (χ1) is 14.7. The highest BCUT2D eigenvalue weighted by atomic mass is 31.2. The van der Waals surface area contributed by atoms with Crippen molar-refractivity contribution in [3.63, 3.8) is 0 Å². The zero-order valence-corrected chi connectivity index (χ0v) is 17.8. The number of benzene rings is 3. The Hall–Kier alpha value is -3.22. The van der Waals surface area contributed by atoms with Gasteiger partial charge in [0.25, 0.3) is 0 Å². The highest BCUT2D eigenvalue weighted by Gasteiger charge is 2.59. The van der Waals surface area contributed by atoms with Crippen LogP contribution in [0.25, 0.3) is 0 Å². The van der Waals surface area contributed by atoms with Crippen molar-refractivity contribution in [2.24, 2.45) is 0 Å². The van der Waals surface area contributed by atoms with E-state index in [-0.39, 0.29) is 5.97 Å². The molecule has 1 aliphatic rings. The predicted octanol–water partition coefficient (Wildman–Crippen LogP) is 4.92. The third kappa shape index (κ3) is 3.24. The van der Waals surface area contributed by atoms with Crippen molar-refractivity contribution in [1.82, 2.24) is 0 Å². The van der Waals surface area contributed by atoms with Gasteiger partial charge in [0.1, 0.15) is 15.9 Å². The lowest BCUT2D eigenvalue weighted by atomic mass is 10.1. The smallest absolute Gasteiger partial charge is 0.341 e. The number of esters is 1. The molecule has 1 heterocycles. The highest BCUT2D eigenvalue weighted by Crippen LogP contribution is 2.64. The maximum atomic E-state index is 12.9. The van der Waals surface area contributed by atoms with Gasteiger partial charge in [0, 0.05) is 5.57 Å². The molecule has 3 aromatic rings. The lowest BCUT2D eigenvalue weighted by Gasteiger charge is -2.31. The molecule has 1 fully saturated rings. The first-order valence-corrected chi connectivity index (χ1v) is 11.8. The van der Waals surface area contributed by atoms with E-state index in [9.17, 15) is 4.79 Å². The van der Waals surface area contributed by atoms with Crippen molar-refractivity contribution in [2.75, 3.05) is 0 Å². The number of rotatable bonds is 5. The molecule has 0 aromatic heterocycles. The van der Waals surface area contributed by atoms with Crippen LogP contribution in [0.3, 0.4) is 0 Å². The molecule has 1 aliphatic heterocycles. The fourth-order valence-corrected chi connectivity index (χ4v) is 8.72. The Morgan fingerprint density at radius 2 is 1.23 bits per heavy atom. The van der Waals surface area contributed by atoms with Gasteiger partial charge in [-0.3, -0.25) is 0 Å². The van der Waals surface area contributed by atoms with Gasteiger partial charge in [0.05, 0.1) is 5.57 Å². The van der Waals surface area contributed by atoms with Crippen LogP contribution >= 0.6 is 7.26 Å².